The third-order valence-corrected chi connectivity index (χ3v) is 2.67. The molecule has 0 spiro atoms. The molecular weight excluding hydrogens is 232 g/mol. The van der Waals surface area contributed by atoms with Gasteiger partial charge in [0.2, 0.25) is 0 Å². The van der Waals surface area contributed by atoms with Crippen LogP contribution in [-0.2, 0) is 19.1 Å². The van der Waals surface area contributed by atoms with Gasteiger partial charge in [-0.25, -0.2) is 0 Å². The van der Waals surface area contributed by atoms with Crippen LogP contribution in [0.5, 0.6) is 0 Å². The minimum absolute atomic E-state index is 0.561. The summed E-state index contributed by atoms with van der Waals surface area (Å²) in [5.74, 6) is -3.35. The molecule has 0 aliphatic carbocycles. The van der Waals surface area contributed by atoms with Crippen molar-refractivity contribution in [3.05, 3.63) is 42.0 Å². The highest BCUT2D eigenvalue weighted by molar-refractivity contribution is 6.02. The van der Waals surface area contributed by atoms with Gasteiger partial charge in [0.05, 0.1) is 0 Å². The number of ether oxygens (including phenoxy) is 2. The van der Waals surface area contributed by atoms with Crippen LogP contribution >= 0.6 is 0 Å². The molecule has 2 rings (SSSR count). The fourth-order valence-corrected chi connectivity index (χ4v) is 1.82. The molecule has 0 N–H and O–H groups in total. The average molecular weight is 246 g/mol. The van der Waals surface area contributed by atoms with Gasteiger partial charge in [0.25, 0.3) is 5.79 Å². The van der Waals surface area contributed by atoms with Crippen molar-refractivity contribution in [3.8, 4) is 0 Å². The van der Waals surface area contributed by atoms with Crippen LogP contribution in [0.2, 0.25) is 0 Å². The first-order valence-corrected chi connectivity index (χ1v) is 5.61. The van der Waals surface area contributed by atoms with Crippen molar-refractivity contribution < 1.29 is 19.1 Å². The number of cyclic esters (lactones) is 2. The molecule has 0 atom stereocenters. The molecule has 1 aliphatic rings. The summed E-state index contributed by atoms with van der Waals surface area (Å²) in [6.45, 7) is 6.69. The summed E-state index contributed by atoms with van der Waals surface area (Å²) < 4.78 is 10.1. The van der Waals surface area contributed by atoms with E-state index in [1.807, 2.05) is 0 Å². The Hall–Kier alpha value is -2.10. The van der Waals surface area contributed by atoms with E-state index in [2.05, 4.69) is 6.58 Å². The highest BCUT2D eigenvalue weighted by Gasteiger charge is 2.43. The standard InChI is InChI=1S/C14H14O4/c1-4-9-5-7-10(8-6-9)11-12(15)17-14(2,3)18-13(11)16/h4-8,11H,1H2,2-3H3. The molecule has 0 bridgehead atoms. The maximum atomic E-state index is 11.8. The molecule has 4 nitrogen and oxygen atoms in total. The third kappa shape index (κ3) is 2.27. The fraction of sp³-hybridized carbons (Fsp3) is 0.286. The van der Waals surface area contributed by atoms with E-state index in [4.69, 9.17) is 9.47 Å². The number of esters is 2. The monoisotopic (exact) mass is 246 g/mol. The lowest BCUT2D eigenvalue weighted by Gasteiger charge is -2.32. The first-order valence-electron chi connectivity index (χ1n) is 5.61. The zero-order valence-electron chi connectivity index (χ0n) is 10.3. The predicted molar refractivity (Wildman–Crippen MR) is 65.5 cm³/mol. The summed E-state index contributed by atoms with van der Waals surface area (Å²) in [6, 6.07) is 6.95. The molecule has 0 saturated carbocycles. The molecule has 0 unspecified atom stereocenters. The predicted octanol–water partition coefficient (Wildman–Crippen LogP) is 2.25. The van der Waals surface area contributed by atoms with Crippen LogP contribution in [0.15, 0.2) is 30.8 Å². The normalized spacial score (nSPS) is 19.0. The van der Waals surface area contributed by atoms with Crippen LogP contribution in [0.25, 0.3) is 6.08 Å². The number of carbonyl (C=O) groups excluding carboxylic acids is 2. The van der Waals surface area contributed by atoms with Gasteiger partial charge >= 0.3 is 11.9 Å². The lowest BCUT2D eigenvalue weighted by molar-refractivity contribution is -0.234. The van der Waals surface area contributed by atoms with Gasteiger partial charge in [-0.05, 0) is 11.1 Å². The molecular formula is C14H14O4. The first-order chi connectivity index (χ1) is 8.43. The van der Waals surface area contributed by atoms with E-state index >= 15 is 0 Å². The summed E-state index contributed by atoms with van der Waals surface area (Å²) in [6.07, 6.45) is 1.68. The van der Waals surface area contributed by atoms with Crippen molar-refractivity contribution in [1.29, 1.82) is 0 Å². The molecule has 0 amide bonds. The molecule has 0 radical (unpaired) electrons. The molecule has 1 fully saturated rings. The summed E-state index contributed by atoms with van der Waals surface area (Å²) >= 11 is 0. The van der Waals surface area contributed by atoms with Crippen LogP contribution in [0.3, 0.4) is 0 Å². The highest BCUT2D eigenvalue weighted by atomic mass is 16.7. The van der Waals surface area contributed by atoms with E-state index in [1.54, 1.807) is 30.3 Å². The van der Waals surface area contributed by atoms with Crippen LogP contribution < -0.4 is 0 Å². The van der Waals surface area contributed by atoms with Crippen molar-refractivity contribution in [2.45, 2.75) is 25.6 Å². The smallest absolute Gasteiger partial charge is 0.328 e. The lowest BCUT2D eigenvalue weighted by atomic mass is 9.97. The van der Waals surface area contributed by atoms with Crippen LogP contribution in [0, 0.1) is 0 Å². The lowest BCUT2D eigenvalue weighted by Crippen LogP contribution is -2.45. The Bertz CT molecular complexity index is 479. The Balaban J connectivity index is 2.29. The quantitative estimate of drug-likeness (QED) is 0.593. The maximum Gasteiger partial charge on any atom is 0.328 e. The first kappa shape index (κ1) is 12.4. The molecule has 1 aromatic rings. The van der Waals surface area contributed by atoms with Crippen LogP contribution in [-0.4, -0.2) is 17.7 Å². The topological polar surface area (TPSA) is 52.6 Å². The number of benzene rings is 1. The molecule has 94 valence electrons. The SMILES string of the molecule is C=Cc1ccc(C2C(=O)OC(C)(C)OC2=O)cc1. The Labute approximate surface area is 105 Å². The van der Waals surface area contributed by atoms with Crippen molar-refractivity contribution >= 4 is 18.0 Å². The van der Waals surface area contributed by atoms with Gasteiger partial charge in [0.1, 0.15) is 0 Å². The van der Waals surface area contributed by atoms with Crippen LogP contribution in [0.1, 0.15) is 30.9 Å². The second-order valence-corrected chi connectivity index (χ2v) is 4.55. The van der Waals surface area contributed by atoms with Gasteiger partial charge in [-0.2, -0.15) is 0 Å². The molecule has 4 heteroatoms. The van der Waals surface area contributed by atoms with Gasteiger partial charge in [-0.3, -0.25) is 9.59 Å². The van der Waals surface area contributed by atoms with Gasteiger partial charge in [0.15, 0.2) is 5.92 Å². The van der Waals surface area contributed by atoms with Crippen molar-refractivity contribution in [1.82, 2.24) is 0 Å². The molecule has 1 aliphatic heterocycles. The average Bonchev–Trinajstić information content (AvgIpc) is 2.27. The minimum atomic E-state index is -1.19. The molecule has 0 aromatic heterocycles. The van der Waals surface area contributed by atoms with Crippen molar-refractivity contribution in [2.75, 3.05) is 0 Å². The Kier molecular flexibility index (Phi) is 2.95. The van der Waals surface area contributed by atoms with E-state index in [-0.39, 0.29) is 0 Å². The summed E-state index contributed by atoms with van der Waals surface area (Å²) in [5.41, 5.74) is 1.47. The molecule has 18 heavy (non-hydrogen) atoms. The fourth-order valence-electron chi connectivity index (χ4n) is 1.82. The number of hydrogen-bond donors (Lipinski definition) is 0. The number of rotatable bonds is 2. The highest BCUT2D eigenvalue weighted by Crippen LogP contribution is 2.29. The largest absolute Gasteiger partial charge is 0.422 e. The summed E-state index contributed by atoms with van der Waals surface area (Å²) in [5, 5.41) is 0. The van der Waals surface area contributed by atoms with Crippen molar-refractivity contribution in [3.63, 3.8) is 0 Å². The minimum Gasteiger partial charge on any atom is -0.422 e. The second-order valence-electron chi connectivity index (χ2n) is 4.55. The van der Waals surface area contributed by atoms with Gasteiger partial charge in [-0.1, -0.05) is 36.9 Å². The number of carbonyl (C=O) groups is 2. The summed E-state index contributed by atoms with van der Waals surface area (Å²) in [4.78, 5) is 23.7. The van der Waals surface area contributed by atoms with E-state index < -0.39 is 23.6 Å². The van der Waals surface area contributed by atoms with E-state index in [9.17, 15) is 9.59 Å². The van der Waals surface area contributed by atoms with Gasteiger partial charge in [0, 0.05) is 13.8 Å². The van der Waals surface area contributed by atoms with E-state index in [0.717, 1.165) is 5.56 Å². The van der Waals surface area contributed by atoms with E-state index in [0.29, 0.717) is 5.56 Å². The second kappa shape index (κ2) is 4.29. The number of hydrogen-bond acceptors (Lipinski definition) is 4. The summed E-state index contributed by atoms with van der Waals surface area (Å²) in [7, 11) is 0. The molecule has 1 saturated heterocycles. The van der Waals surface area contributed by atoms with Gasteiger partial charge in [-0.15, -0.1) is 0 Å². The molecule has 1 heterocycles. The zero-order chi connectivity index (χ0) is 13.3. The Morgan fingerprint density at radius 2 is 1.61 bits per heavy atom. The zero-order valence-corrected chi connectivity index (χ0v) is 10.3. The Morgan fingerprint density at radius 1 is 1.11 bits per heavy atom. The Morgan fingerprint density at radius 3 is 2.06 bits per heavy atom. The van der Waals surface area contributed by atoms with E-state index in [1.165, 1.54) is 13.8 Å². The van der Waals surface area contributed by atoms with Crippen LogP contribution in [0.4, 0.5) is 0 Å². The maximum absolute atomic E-state index is 11.8. The van der Waals surface area contributed by atoms with Crippen molar-refractivity contribution in [2.24, 2.45) is 0 Å². The molecule has 1 aromatic carbocycles. The third-order valence-electron chi connectivity index (χ3n) is 2.67. The van der Waals surface area contributed by atoms with Gasteiger partial charge < -0.3 is 9.47 Å².